The van der Waals surface area contributed by atoms with Crippen LogP contribution in [0.1, 0.15) is 19.0 Å². The maximum absolute atomic E-state index is 11.4. The van der Waals surface area contributed by atoms with Crippen LogP contribution < -0.4 is 11.1 Å². The lowest BCUT2D eigenvalue weighted by Crippen LogP contribution is -2.23. The molecule has 100 valence electrons. The van der Waals surface area contributed by atoms with Gasteiger partial charge >= 0.3 is 0 Å². The highest BCUT2D eigenvalue weighted by Gasteiger charge is 2.23. The van der Waals surface area contributed by atoms with Crippen LogP contribution in [0.5, 0.6) is 0 Å². The molecule has 0 aromatic carbocycles. The van der Waals surface area contributed by atoms with Crippen molar-refractivity contribution in [3.05, 3.63) is 17.2 Å². The van der Waals surface area contributed by atoms with Gasteiger partial charge in [-0.3, -0.25) is 0 Å². The number of aryl methyl sites for hydroxylation is 2. The molecule has 0 bridgehead atoms. The van der Waals surface area contributed by atoms with Gasteiger partial charge in [0.2, 0.25) is 0 Å². The van der Waals surface area contributed by atoms with Crippen molar-refractivity contribution in [3.63, 3.8) is 0 Å². The molecule has 7 heteroatoms. The van der Waals surface area contributed by atoms with Crippen LogP contribution in [0.4, 0.5) is 11.5 Å². The first kappa shape index (κ1) is 12.9. The molecule has 1 aliphatic rings. The molecule has 1 aromatic rings. The number of rotatable bonds is 4. The molecule has 1 aromatic heterocycles. The first-order valence-electron chi connectivity index (χ1n) is 5.93. The van der Waals surface area contributed by atoms with Gasteiger partial charge in [0.05, 0.1) is 23.2 Å². The van der Waals surface area contributed by atoms with Crippen LogP contribution in [-0.2, 0) is 16.4 Å². The summed E-state index contributed by atoms with van der Waals surface area (Å²) in [6.07, 6.45) is 2.58. The van der Waals surface area contributed by atoms with Crippen LogP contribution in [0, 0.1) is 6.92 Å². The van der Waals surface area contributed by atoms with Crippen molar-refractivity contribution in [2.75, 3.05) is 16.8 Å². The van der Waals surface area contributed by atoms with Crippen molar-refractivity contribution in [3.8, 4) is 0 Å². The van der Waals surface area contributed by atoms with E-state index in [9.17, 15) is 8.42 Å². The minimum absolute atomic E-state index is 0.0722. The number of anilines is 2. The quantitative estimate of drug-likeness (QED) is 0.848. The molecule has 1 unspecified atom stereocenters. The second-order valence-corrected chi connectivity index (χ2v) is 6.41. The molecule has 3 N–H and O–H groups in total. The number of aromatic nitrogens is 2. The van der Waals surface area contributed by atoms with E-state index in [1.54, 1.807) is 10.8 Å². The smallest absolute Gasteiger partial charge is 0.173 e. The lowest BCUT2D eigenvalue weighted by atomic mass is 10.3. The molecule has 0 radical (unpaired) electrons. The summed E-state index contributed by atoms with van der Waals surface area (Å²) in [4.78, 5) is 0. The summed E-state index contributed by atoms with van der Waals surface area (Å²) in [5.41, 5.74) is 7.30. The molecule has 2 rings (SSSR count). The molecule has 0 aliphatic carbocycles. The molecule has 1 aliphatic heterocycles. The first-order chi connectivity index (χ1) is 8.43. The number of nitrogens with zero attached hydrogens (tertiary/aromatic N) is 2. The van der Waals surface area contributed by atoms with Crippen LogP contribution >= 0.6 is 0 Å². The Morgan fingerprint density at radius 1 is 1.61 bits per heavy atom. The van der Waals surface area contributed by atoms with Crippen LogP contribution in [0.3, 0.4) is 0 Å². The van der Waals surface area contributed by atoms with Crippen molar-refractivity contribution in [2.24, 2.45) is 0 Å². The molecule has 2 heterocycles. The summed E-state index contributed by atoms with van der Waals surface area (Å²) >= 11 is 0. The largest absolute Gasteiger partial charge is 0.394 e. The van der Waals surface area contributed by atoms with Gasteiger partial charge in [-0.2, -0.15) is 5.10 Å². The Morgan fingerprint density at radius 3 is 2.89 bits per heavy atom. The van der Waals surface area contributed by atoms with Gasteiger partial charge in [0.25, 0.3) is 0 Å². The average molecular weight is 270 g/mol. The molecule has 0 saturated carbocycles. The predicted molar refractivity (Wildman–Crippen MR) is 72.0 cm³/mol. The second kappa shape index (κ2) is 4.64. The van der Waals surface area contributed by atoms with Crippen LogP contribution in [0.15, 0.2) is 11.5 Å². The van der Waals surface area contributed by atoms with E-state index in [0.29, 0.717) is 11.5 Å². The minimum atomic E-state index is -3.06. The van der Waals surface area contributed by atoms with E-state index in [1.165, 1.54) is 5.41 Å². The normalized spacial score (nSPS) is 21.3. The maximum atomic E-state index is 11.4. The highest BCUT2D eigenvalue weighted by molar-refractivity contribution is 7.94. The van der Waals surface area contributed by atoms with Gasteiger partial charge in [-0.25, -0.2) is 13.1 Å². The van der Waals surface area contributed by atoms with Gasteiger partial charge in [0, 0.05) is 12.0 Å². The summed E-state index contributed by atoms with van der Waals surface area (Å²) in [5.74, 6) is 0.782. The number of nitrogens with one attached hydrogen (secondary N) is 1. The third-order valence-corrected chi connectivity index (χ3v) is 4.26. The van der Waals surface area contributed by atoms with Crippen molar-refractivity contribution >= 4 is 21.3 Å². The fourth-order valence-electron chi connectivity index (χ4n) is 1.96. The zero-order valence-corrected chi connectivity index (χ0v) is 11.4. The average Bonchev–Trinajstić information content (AvgIpc) is 2.75. The molecule has 0 fully saturated rings. The van der Waals surface area contributed by atoms with Crippen LogP contribution in [-0.4, -0.2) is 30.0 Å². The van der Waals surface area contributed by atoms with Crippen LogP contribution in [0.2, 0.25) is 0 Å². The van der Waals surface area contributed by atoms with E-state index in [-0.39, 0.29) is 11.8 Å². The monoisotopic (exact) mass is 270 g/mol. The Bertz CT molecular complexity index is 574. The fraction of sp³-hybridized carbons (Fsp3) is 0.545. The Morgan fingerprint density at radius 2 is 2.33 bits per heavy atom. The maximum Gasteiger partial charge on any atom is 0.173 e. The van der Waals surface area contributed by atoms with E-state index < -0.39 is 9.84 Å². The minimum Gasteiger partial charge on any atom is -0.394 e. The number of nitrogen functional groups attached to an aromatic ring is 1. The molecular formula is C11H18N4O2S. The number of sulfone groups is 1. The number of hydrogen-bond acceptors (Lipinski definition) is 5. The zero-order chi connectivity index (χ0) is 13.3. The fourth-order valence-corrected chi connectivity index (χ4v) is 3.20. The van der Waals surface area contributed by atoms with E-state index >= 15 is 0 Å². The highest BCUT2D eigenvalue weighted by atomic mass is 32.2. The molecule has 0 saturated heterocycles. The molecule has 0 spiro atoms. The van der Waals surface area contributed by atoms with Gasteiger partial charge < -0.3 is 11.1 Å². The van der Waals surface area contributed by atoms with E-state index in [0.717, 1.165) is 18.7 Å². The summed E-state index contributed by atoms with van der Waals surface area (Å²) in [6, 6.07) is -0.232. The van der Waals surface area contributed by atoms with Crippen molar-refractivity contribution in [1.82, 2.24) is 9.78 Å². The van der Waals surface area contributed by atoms with Crippen molar-refractivity contribution in [2.45, 2.75) is 32.9 Å². The number of nitrogens with two attached hydrogens (primary N) is 1. The Labute approximate surface area is 107 Å². The lowest BCUT2D eigenvalue weighted by molar-refractivity contribution is 0.598. The Balaban J connectivity index is 2.21. The molecule has 0 amide bonds. The van der Waals surface area contributed by atoms with Gasteiger partial charge in [0.15, 0.2) is 9.84 Å². The first-order valence-corrected chi connectivity index (χ1v) is 7.65. The van der Waals surface area contributed by atoms with E-state index in [1.807, 2.05) is 6.92 Å². The van der Waals surface area contributed by atoms with Gasteiger partial charge in [0.1, 0.15) is 5.82 Å². The SMILES string of the molecule is CCCn1nc(C)c(N)c1NC1C=CS(=O)(=O)C1. The van der Waals surface area contributed by atoms with Crippen molar-refractivity contribution < 1.29 is 8.42 Å². The Kier molecular flexibility index (Phi) is 3.34. The number of hydrogen-bond donors (Lipinski definition) is 2. The Hall–Kier alpha value is -1.50. The molecule has 6 nitrogen and oxygen atoms in total. The lowest BCUT2D eigenvalue weighted by Gasteiger charge is -2.14. The van der Waals surface area contributed by atoms with Gasteiger partial charge in [-0.05, 0) is 19.4 Å². The topological polar surface area (TPSA) is 90.0 Å². The predicted octanol–water partition coefficient (Wildman–Crippen LogP) is 0.906. The summed E-state index contributed by atoms with van der Waals surface area (Å²) < 4.78 is 24.5. The summed E-state index contributed by atoms with van der Waals surface area (Å²) in [6.45, 7) is 4.65. The second-order valence-electron chi connectivity index (χ2n) is 4.48. The van der Waals surface area contributed by atoms with Crippen molar-refractivity contribution in [1.29, 1.82) is 0 Å². The molecular weight excluding hydrogens is 252 g/mol. The zero-order valence-electron chi connectivity index (χ0n) is 10.5. The van der Waals surface area contributed by atoms with Crippen LogP contribution in [0.25, 0.3) is 0 Å². The van der Waals surface area contributed by atoms with Gasteiger partial charge in [-0.15, -0.1) is 0 Å². The third kappa shape index (κ3) is 2.50. The standard InChI is InChI=1S/C11H18N4O2S/c1-3-5-15-11(10(12)8(2)14-15)13-9-4-6-18(16,17)7-9/h4,6,9,13H,3,5,7,12H2,1-2H3. The third-order valence-electron chi connectivity index (χ3n) is 2.86. The summed E-state index contributed by atoms with van der Waals surface area (Å²) in [7, 11) is -3.06. The molecule has 18 heavy (non-hydrogen) atoms. The van der Waals surface area contributed by atoms with E-state index in [4.69, 9.17) is 5.73 Å². The summed E-state index contributed by atoms with van der Waals surface area (Å²) in [5, 5.41) is 8.73. The molecule has 1 atom stereocenters. The van der Waals surface area contributed by atoms with E-state index in [2.05, 4.69) is 17.3 Å². The van der Waals surface area contributed by atoms with Gasteiger partial charge in [-0.1, -0.05) is 6.92 Å². The highest BCUT2D eigenvalue weighted by Crippen LogP contribution is 2.25.